The minimum absolute atomic E-state index is 0.172. The number of amides is 1. The van der Waals surface area contributed by atoms with E-state index in [-0.39, 0.29) is 12.5 Å². The van der Waals surface area contributed by atoms with Crippen molar-refractivity contribution in [2.45, 2.75) is 24.0 Å². The van der Waals surface area contributed by atoms with E-state index < -0.39 is 22.8 Å². The largest absolute Gasteiger partial charge is 0.495 e. The molecule has 1 saturated heterocycles. The molecule has 2 heterocycles. The van der Waals surface area contributed by atoms with E-state index in [1.165, 1.54) is 5.01 Å². The van der Waals surface area contributed by atoms with Crippen molar-refractivity contribution < 1.29 is 22.7 Å². The van der Waals surface area contributed by atoms with Crippen LogP contribution in [0.2, 0.25) is 0 Å². The van der Waals surface area contributed by atoms with E-state index >= 15 is 0 Å². The van der Waals surface area contributed by atoms with Crippen molar-refractivity contribution in [3.63, 3.8) is 0 Å². The number of ether oxygens (including phenoxy) is 1. The first kappa shape index (κ1) is 22.2. The lowest BCUT2D eigenvalue weighted by Crippen LogP contribution is -2.51. The van der Waals surface area contributed by atoms with Crippen molar-refractivity contribution in [1.82, 2.24) is 9.91 Å². The standard InChI is InChI=1S/C18H21Br2F3N4O2/c1-11-16(20)17(18(21,22)23)24-27(11)10-15(28)26-7-5-25(6-8-26)12-3-4-13(19)14(9-12)29-2/h3-4,9,11,16H,5-8,10H2,1-2H3. The van der Waals surface area contributed by atoms with Crippen molar-refractivity contribution in [3.8, 4) is 5.75 Å². The second-order valence-corrected chi connectivity index (χ2v) is 8.75. The number of carbonyl (C=O) groups excluding carboxylic acids is 1. The maximum atomic E-state index is 13.0. The molecule has 1 aromatic rings. The third-order valence-corrected chi connectivity index (χ3v) is 6.96. The van der Waals surface area contributed by atoms with E-state index in [0.29, 0.717) is 26.2 Å². The first-order chi connectivity index (χ1) is 13.6. The Labute approximate surface area is 183 Å². The number of hydrazone groups is 1. The van der Waals surface area contributed by atoms with E-state index in [0.717, 1.165) is 15.9 Å². The summed E-state index contributed by atoms with van der Waals surface area (Å²) in [4.78, 5) is 15.5. The summed E-state index contributed by atoms with van der Waals surface area (Å²) in [6.45, 7) is 3.69. The zero-order valence-corrected chi connectivity index (χ0v) is 19.1. The lowest BCUT2D eigenvalue weighted by molar-refractivity contribution is -0.133. The van der Waals surface area contributed by atoms with Crippen LogP contribution in [-0.4, -0.2) is 78.4 Å². The Balaban J connectivity index is 1.59. The Hall–Kier alpha value is -1.49. The van der Waals surface area contributed by atoms with Gasteiger partial charge in [-0.15, -0.1) is 0 Å². The summed E-state index contributed by atoms with van der Waals surface area (Å²) in [5.41, 5.74) is 0.0960. The molecule has 0 N–H and O–H groups in total. The molecule has 2 unspecified atom stereocenters. The lowest BCUT2D eigenvalue weighted by atomic mass is 10.1. The lowest BCUT2D eigenvalue weighted by Gasteiger charge is -2.37. The minimum Gasteiger partial charge on any atom is -0.495 e. The molecule has 0 aliphatic carbocycles. The van der Waals surface area contributed by atoms with Crippen LogP contribution in [0.4, 0.5) is 18.9 Å². The predicted octanol–water partition coefficient (Wildman–Crippen LogP) is 3.49. The van der Waals surface area contributed by atoms with Gasteiger partial charge in [0, 0.05) is 37.9 Å². The highest BCUT2D eigenvalue weighted by molar-refractivity contribution is 9.10. The molecule has 3 rings (SSSR count). The monoisotopic (exact) mass is 540 g/mol. The van der Waals surface area contributed by atoms with Crippen LogP contribution >= 0.6 is 31.9 Å². The zero-order chi connectivity index (χ0) is 21.3. The van der Waals surface area contributed by atoms with Crippen molar-refractivity contribution in [2.24, 2.45) is 5.10 Å². The number of benzene rings is 1. The fourth-order valence-electron chi connectivity index (χ4n) is 3.35. The number of carbonyl (C=O) groups is 1. The summed E-state index contributed by atoms with van der Waals surface area (Å²) < 4.78 is 45.3. The van der Waals surface area contributed by atoms with Crippen LogP contribution in [0.15, 0.2) is 27.8 Å². The van der Waals surface area contributed by atoms with Crippen LogP contribution in [0, 0.1) is 0 Å². The van der Waals surface area contributed by atoms with Crippen LogP contribution in [0.25, 0.3) is 0 Å². The van der Waals surface area contributed by atoms with Crippen LogP contribution in [0.1, 0.15) is 6.92 Å². The SMILES string of the molecule is COc1cc(N2CCN(C(=O)CN3N=C(C(F)(F)F)C(Br)C3C)CC2)ccc1Br. The third kappa shape index (κ3) is 4.82. The molecule has 0 aromatic heterocycles. The van der Waals surface area contributed by atoms with Gasteiger partial charge in [-0.05, 0) is 35.0 Å². The number of piperazine rings is 1. The quantitative estimate of drug-likeness (QED) is 0.548. The number of alkyl halides is 4. The molecule has 2 aliphatic rings. The van der Waals surface area contributed by atoms with Gasteiger partial charge in [0.05, 0.1) is 22.5 Å². The molecule has 0 saturated carbocycles. The molecule has 2 aliphatic heterocycles. The smallest absolute Gasteiger partial charge is 0.432 e. The molecule has 29 heavy (non-hydrogen) atoms. The molecule has 1 aromatic carbocycles. The normalized spacial score (nSPS) is 22.7. The molecule has 11 heteroatoms. The van der Waals surface area contributed by atoms with Crippen molar-refractivity contribution in [2.75, 3.05) is 44.7 Å². The van der Waals surface area contributed by atoms with Crippen LogP contribution in [0.3, 0.4) is 0 Å². The second-order valence-electron chi connectivity index (χ2n) is 6.91. The molecule has 2 atom stereocenters. The van der Waals surface area contributed by atoms with Crippen LogP contribution in [0.5, 0.6) is 5.75 Å². The summed E-state index contributed by atoms with van der Waals surface area (Å²) in [5.74, 6) is 0.503. The van der Waals surface area contributed by atoms with Gasteiger partial charge in [-0.25, -0.2) is 0 Å². The van der Waals surface area contributed by atoms with Gasteiger partial charge in [-0.2, -0.15) is 18.3 Å². The highest BCUT2D eigenvalue weighted by atomic mass is 79.9. The average Bonchev–Trinajstić information content (AvgIpc) is 2.97. The fourth-order valence-corrected chi connectivity index (χ4v) is 4.39. The summed E-state index contributed by atoms with van der Waals surface area (Å²) >= 11 is 6.47. The maximum Gasteiger partial charge on any atom is 0.432 e. The Morgan fingerprint density at radius 2 is 1.93 bits per heavy atom. The Morgan fingerprint density at radius 3 is 2.48 bits per heavy atom. The van der Waals surface area contributed by atoms with Crippen molar-refractivity contribution in [3.05, 3.63) is 22.7 Å². The number of methoxy groups -OCH3 is 1. The number of halogens is 5. The van der Waals surface area contributed by atoms with Gasteiger partial charge in [-0.3, -0.25) is 9.80 Å². The highest BCUT2D eigenvalue weighted by Crippen LogP contribution is 2.32. The first-order valence-electron chi connectivity index (χ1n) is 9.04. The van der Waals surface area contributed by atoms with Crippen LogP contribution in [-0.2, 0) is 4.79 Å². The third-order valence-electron chi connectivity index (χ3n) is 5.11. The van der Waals surface area contributed by atoms with Gasteiger partial charge in [0.15, 0.2) is 5.71 Å². The molecule has 0 spiro atoms. The van der Waals surface area contributed by atoms with Crippen molar-refractivity contribution in [1.29, 1.82) is 0 Å². The Kier molecular flexibility index (Phi) is 6.67. The summed E-state index contributed by atoms with van der Waals surface area (Å²) in [6.07, 6.45) is -4.52. The molecular formula is C18H21Br2F3N4O2. The van der Waals surface area contributed by atoms with E-state index in [9.17, 15) is 18.0 Å². The first-order valence-corrected chi connectivity index (χ1v) is 10.8. The van der Waals surface area contributed by atoms with Gasteiger partial charge < -0.3 is 14.5 Å². The predicted molar refractivity (Wildman–Crippen MR) is 112 cm³/mol. The molecule has 0 radical (unpaired) electrons. The number of hydrogen-bond acceptors (Lipinski definition) is 5. The number of anilines is 1. The van der Waals surface area contributed by atoms with Gasteiger partial charge in [0.2, 0.25) is 5.91 Å². The molecule has 1 fully saturated rings. The fraction of sp³-hybridized carbons (Fsp3) is 0.556. The average molecular weight is 542 g/mol. The molecule has 6 nitrogen and oxygen atoms in total. The maximum absolute atomic E-state index is 13.0. The Morgan fingerprint density at radius 1 is 1.28 bits per heavy atom. The van der Waals surface area contributed by atoms with E-state index in [1.54, 1.807) is 18.9 Å². The van der Waals surface area contributed by atoms with Crippen LogP contribution < -0.4 is 9.64 Å². The molecule has 1 amide bonds. The van der Waals surface area contributed by atoms with Gasteiger partial charge in [-0.1, -0.05) is 15.9 Å². The van der Waals surface area contributed by atoms with Gasteiger partial charge >= 0.3 is 6.18 Å². The van der Waals surface area contributed by atoms with E-state index in [2.05, 4.69) is 41.9 Å². The van der Waals surface area contributed by atoms with E-state index in [4.69, 9.17) is 4.74 Å². The van der Waals surface area contributed by atoms with Gasteiger partial charge in [0.1, 0.15) is 12.3 Å². The number of rotatable bonds is 4. The summed E-state index contributed by atoms with van der Waals surface area (Å²) in [7, 11) is 1.60. The Bertz CT molecular complexity index is 798. The van der Waals surface area contributed by atoms with Crippen molar-refractivity contribution >= 4 is 49.2 Å². The van der Waals surface area contributed by atoms with E-state index in [1.807, 2.05) is 18.2 Å². The second kappa shape index (κ2) is 8.71. The molecule has 160 valence electrons. The number of hydrogen-bond donors (Lipinski definition) is 0. The molecule has 0 bridgehead atoms. The highest BCUT2D eigenvalue weighted by Gasteiger charge is 2.48. The molecular weight excluding hydrogens is 521 g/mol. The topological polar surface area (TPSA) is 48.4 Å². The number of nitrogens with zero attached hydrogens (tertiary/aromatic N) is 4. The van der Waals surface area contributed by atoms with Gasteiger partial charge in [0.25, 0.3) is 0 Å². The zero-order valence-electron chi connectivity index (χ0n) is 15.9. The summed E-state index contributed by atoms with van der Waals surface area (Å²) in [6, 6.07) is 5.26. The summed E-state index contributed by atoms with van der Waals surface area (Å²) in [5, 5.41) is 4.87. The minimum atomic E-state index is -4.52.